The predicted octanol–water partition coefficient (Wildman–Crippen LogP) is 8.11. The first-order valence-corrected chi connectivity index (χ1v) is 14.2. The maximum atomic E-state index is 11.3. The minimum absolute atomic E-state index is 0.0487. The van der Waals surface area contributed by atoms with E-state index < -0.39 is 5.41 Å². The van der Waals surface area contributed by atoms with Crippen molar-refractivity contribution >= 4 is 45.2 Å². The van der Waals surface area contributed by atoms with Crippen molar-refractivity contribution < 1.29 is 25.5 Å². The van der Waals surface area contributed by atoms with Crippen LogP contribution in [0.15, 0.2) is 97.1 Å². The van der Waals surface area contributed by atoms with Crippen molar-refractivity contribution in [1.82, 2.24) is 0 Å². The molecule has 5 aromatic carbocycles. The molecule has 39 heavy (non-hydrogen) atoms. The molecule has 0 aliphatic rings. The summed E-state index contributed by atoms with van der Waals surface area (Å²) in [6.45, 7) is 1.94. The molecule has 0 atom stereocenters. The van der Waals surface area contributed by atoms with Crippen molar-refractivity contribution in [3.63, 3.8) is 0 Å². The second-order valence-corrected chi connectivity index (χ2v) is 11.8. The molecule has 0 fully saturated rings. The Morgan fingerprint density at radius 3 is 1.23 bits per heavy atom. The maximum absolute atomic E-state index is 11.3. The number of aromatic hydroxyl groups is 5. The van der Waals surface area contributed by atoms with Crippen LogP contribution in [0.5, 0.6) is 28.7 Å². The van der Waals surface area contributed by atoms with Gasteiger partial charge in [0.2, 0.25) is 0 Å². The van der Waals surface area contributed by atoms with Crippen molar-refractivity contribution in [1.29, 1.82) is 0 Å². The number of phenolic OH excluding ortho intramolecular Hbond substituents is 5. The van der Waals surface area contributed by atoms with E-state index in [0.29, 0.717) is 18.3 Å². The Hall–Kier alpha value is -3.44. The van der Waals surface area contributed by atoms with E-state index in [1.54, 1.807) is 60.7 Å². The molecule has 0 heterocycles. The summed E-state index contributed by atoms with van der Waals surface area (Å²) in [4.78, 5) is 0. The second-order valence-electron chi connectivity index (χ2n) is 9.47. The average Bonchev–Trinajstić information content (AvgIpc) is 2.92. The molecular formula is C32H24I2O5. The quantitative estimate of drug-likeness (QED) is 0.0926. The molecule has 0 unspecified atom stereocenters. The Morgan fingerprint density at radius 1 is 0.487 bits per heavy atom. The summed E-state index contributed by atoms with van der Waals surface area (Å²) in [5.41, 5.74) is 4.19. The molecule has 5 rings (SSSR count). The smallest absolute Gasteiger partial charge is 0.142 e. The summed E-state index contributed by atoms with van der Waals surface area (Å²) in [7, 11) is 0. The van der Waals surface area contributed by atoms with Crippen LogP contribution in [0.2, 0.25) is 0 Å². The summed E-state index contributed by atoms with van der Waals surface area (Å²) in [6, 6.07) is 28.0. The molecule has 196 valence electrons. The zero-order valence-corrected chi connectivity index (χ0v) is 25.0. The van der Waals surface area contributed by atoms with Gasteiger partial charge >= 0.3 is 0 Å². The molecule has 0 amide bonds. The highest BCUT2D eigenvalue weighted by molar-refractivity contribution is 14.1. The van der Waals surface area contributed by atoms with Gasteiger partial charge in [-0.15, -0.1) is 0 Å². The SMILES string of the molecule is CC(c1cc(I)c(O)c(I)c1)(c1cc(-c2ccc(O)cc2)ccc1O)c1cc(-c2ccc(O)cc2)ccc1O. The van der Waals surface area contributed by atoms with Crippen LogP contribution in [0.25, 0.3) is 22.3 Å². The third-order valence-electron chi connectivity index (χ3n) is 7.07. The Kier molecular flexibility index (Phi) is 7.39. The van der Waals surface area contributed by atoms with E-state index in [4.69, 9.17) is 0 Å². The lowest BCUT2D eigenvalue weighted by molar-refractivity contribution is 0.441. The van der Waals surface area contributed by atoms with E-state index in [-0.39, 0.29) is 28.7 Å². The van der Waals surface area contributed by atoms with Crippen LogP contribution in [0, 0.1) is 7.14 Å². The normalized spacial score (nSPS) is 11.5. The lowest BCUT2D eigenvalue weighted by Crippen LogP contribution is -2.26. The topological polar surface area (TPSA) is 101 Å². The van der Waals surface area contributed by atoms with E-state index in [2.05, 4.69) is 45.2 Å². The number of hydrogen-bond acceptors (Lipinski definition) is 5. The summed E-state index contributed by atoms with van der Waals surface area (Å²) in [5.74, 6) is 0.588. The van der Waals surface area contributed by atoms with Crippen molar-refractivity contribution in [2.75, 3.05) is 0 Å². The average molecular weight is 742 g/mol. The third kappa shape index (κ3) is 5.12. The molecule has 5 aromatic rings. The van der Waals surface area contributed by atoms with Gasteiger partial charge in [-0.25, -0.2) is 0 Å². The van der Waals surface area contributed by atoms with Gasteiger partial charge < -0.3 is 25.5 Å². The molecule has 0 aliphatic carbocycles. The minimum atomic E-state index is -1.05. The molecular weight excluding hydrogens is 718 g/mol. The van der Waals surface area contributed by atoms with Crippen LogP contribution in [0.4, 0.5) is 0 Å². The minimum Gasteiger partial charge on any atom is -0.508 e. The van der Waals surface area contributed by atoms with Crippen molar-refractivity contribution in [2.45, 2.75) is 12.3 Å². The first-order valence-electron chi connectivity index (χ1n) is 12.0. The first kappa shape index (κ1) is 27.1. The molecule has 0 saturated carbocycles. The van der Waals surface area contributed by atoms with E-state index in [1.807, 2.05) is 43.3 Å². The van der Waals surface area contributed by atoms with Gasteiger partial charge in [0.05, 0.1) is 7.14 Å². The molecule has 0 saturated heterocycles. The lowest BCUT2D eigenvalue weighted by atomic mass is 9.69. The maximum Gasteiger partial charge on any atom is 0.142 e. The van der Waals surface area contributed by atoms with Crippen molar-refractivity contribution in [3.05, 3.63) is 121 Å². The summed E-state index contributed by atoms with van der Waals surface area (Å²) in [5, 5.41) is 52.6. The predicted molar refractivity (Wildman–Crippen MR) is 170 cm³/mol. The van der Waals surface area contributed by atoms with Crippen LogP contribution in [-0.4, -0.2) is 25.5 Å². The zero-order chi connectivity index (χ0) is 27.9. The van der Waals surface area contributed by atoms with Gasteiger partial charge in [-0.1, -0.05) is 36.4 Å². The van der Waals surface area contributed by atoms with Gasteiger partial charge in [0.25, 0.3) is 0 Å². The molecule has 7 heteroatoms. The van der Waals surface area contributed by atoms with Gasteiger partial charge in [-0.05, 0) is 141 Å². The monoisotopic (exact) mass is 742 g/mol. The highest BCUT2D eigenvalue weighted by Gasteiger charge is 2.37. The fourth-order valence-corrected chi connectivity index (χ4v) is 6.62. The number of phenols is 5. The highest BCUT2D eigenvalue weighted by atomic mass is 127. The molecule has 5 N–H and O–H groups in total. The van der Waals surface area contributed by atoms with Crippen LogP contribution >= 0.6 is 45.2 Å². The molecule has 0 aromatic heterocycles. The number of hydrogen-bond donors (Lipinski definition) is 5. The molecule has 5 nitrogen and oxygen atoms in total. The second kappa shape index (κ2) is 10.6. The summed E-state index contributed by atoms with van der Waals surface area (Å²) < 4.78 is 1.29. The Morgan fingerprint density at radius 2 is 0.846 bits per heavy atom. The molecule has 0 bridgehead atoms. The van der Waals surface area contributed by atoms with E-state index >= 15 is 0 Å². The first-order chi connectivity index (χ1) is 18.6. The number of benzene rings is 5. The third-order valence-corrected chi connectivity index (χ3v) is 8.71. The Labute approximate surface area is 253 Å². The van der Waals surface area contributed by atoms with Gasteiger partial charge in [0.1, 0.15) is 28.7 Å². The zero-order valence-electron chi connectivity index (χ0n) is 20.7. The largest absolute Gasteiger partial charge is 0.508 e. The molecule has 0 radical (unpaired) electrons. The Balaban J connectivity index is 1.81. The van der Waals surface area contributed by atoms with Crippen molar-refractivity contribution in [3.8, 4) is 51.0 Å². The van der Waals surface area contributed by atoms with E-state index in [1.165, 1.54) is 0 Å². The molecule has 0 spiro atoms. The van der Waals surface area contributed by atoms with E-state index in [9.17, 15) is 25.5 Å². The van der Waals surface area contributed by atoms with Gasteiger partial charge in [-0.3, -0.25) is 0 Å². The van der Waals surface area contributed by atoms with Gasteiger partial charge in [0, 0.05) is 16.5 Å². The van der Waals surface area contributed by atoms with Gasteiger partial charge in [-0.2, -0.15) is 0 Å². The summed E-state index contributed by atoms with van der Waals surface area (Å²) >= 11 is 4.17. The van der Waals surface area contributed by atoms with Crippen LogP contribution in [0.3, 0.4) is 0 Å². The van der Waals surface area contributed by atoms with Crippen LogP contribution < -0.4 is 0 Å². The fourth-order valence-electron chi connectivity index (χ4n) is 4.85. The standard InChI is InChI=1S/C32H24I2O5/c1-32(22-16-27(33)31(39)28(34)17-22,25-14-20(6-12-29(25)37)18-2-8-23(35)9-3-18)26-15-21(7-13-30(26)38)19-4-10-24(36)11-5-19/h2-17,35-39H,1H3. The lowest BCUT2D eigenvalue weighted by Gasteiger charge is -2.34. The number of rotatable bonds is 5. The summed E-state index contributed by atoms with van der Waals surface area (Å²) in [6.07, 6.45) is 0. The number of halogens is 2. The van der Waals surface area contributed by atoms with Crippen LogP contribution in [-0.2, 0) is 5.41 Å². The highest BCUT2D eigenvalue weighted by Crippen LogP contribution is 2.49. The van der Waals surface area contributed by atoms with Crippen molar-refractivity contribution in [2.24, 2.45) is 0 Å². The van der Waals surface area contributed by atoms with Gasteiger partial charge in [0.15, 0.2) is 0 Å². The fraction of sp³-hybridized carbons (Fsp3) is 0.0625. The molecule has 0 aliphatic heterocycles. The van der Waals surface area contributed by atoms with Crippen LogP contribution in [0.1, 0.15) is 23.6 Å². The van der Waals surface area contributed by atoms with E-state index in [0.717, 1.165) is 27.8 Å². The Bertz CT molecular complexity index is 1560.